The third-order valence-corrected chi connectivity index (χ3v) is 4.48. The number of hydrogen-bond acceptors (Lipinski definition) is 2. The van der Waals surface area contributed by atoms with Gasteiger partial charge in [0, 0.05) is 24.4 Å². The summed E-state index contributed by atoms with van der Waals surface area (Å²) in [6, 6.07) is 7.90. The third kappa shape index (κ3) is 3.65. The van der Waals surface area contributed by atoms with Crippen molar-refractivity contribution < 1.29 is 9.90 Å². The van der Waals surface area contributed by atoms with Gasteiger partial charge in [0.15, 0.2) is 0 Å². The van der Waals surface area contributed by atoms with Crippen molar-refractivity contribution in [2.75, 3.05) is 6.61 Å². The van der Waals surface area contributed by atoms with Gasteiger partial charge in [0.25, 0.3) is 0 Å². The number of rotatable bonds is 4. The van der Waals surface area contributed by atoms with Crippen LogP contribution in [0.2, 0.25) is 0 Å². The lowest BCUT2D eigenvalue weighted by Crippen LogP contribution is -2.29. The van der Waals surface area contributed by atoms with Crippen LogP contribution < -0.4 is 5.32 Å². The summed E-state index contributed by atoms with van der Waals surface area (Å²) in [6.45, 7) is 0.659. The quantitative estimate of drug-likeness (QED) is 0.831. The summed E-state index contributed by atoms with van der Waals surface area (Å²) in [4.78, 5) is 12.1. The van der Waals surface area contributed by atoms with Gasteiger partial charge in [0.1, 0.15) is 0 Å². The minimum Gasteiger partial charge on any atom is -0.395 e. The van der Waals surface area contributed by atoms with Crippen molar-refractivity contribution in [2.45, 2.75) is 32.2 Å². The zero-order valence-electron chi connectivity index (χ0n) is 12.1. The Morgan fingerprint density at radius 3 is 2.86 bits per heavy atom. The first-order valence-electron chi connectivity index (χ1n) is 7.72. The topological polar surface area (TPSA) is 49.3 Å². The molecule has 1 aromatic rings. The lowest BCUT2D eigenvalue weighted by molar-refractivity contribution is -0.125. The molecule has 0 heterocycles. The van der Waals surface area contributed by atoms with E-state index in [0.29, 0.717) is 13.0 Å². The molecule has 2 saturated carbocycles. The first-order chi connectivity index (χ1) is 10.3. The van der Waals surface area contributed by atoms with Crippen molar-refractivity contribution in [1.82, 2.24) is 5.32 Å². The standard InChI is InChI=1S/C18H21NO2/c20-7-2-1-4-13-5-3-6-14(8-13)12-19-18(21)17-10-15-9-16(15)11-17/h3,5-6,8,15-17,20H,2,7,9-12H2,(H,19,21). The van der Waals surface area contributed by atoms with Gasteiger partial charge in [0.05, 0.1) is 6.61 Å². The van der Waals surface area contributed by atoms with Gasteiger partial charge in [-0.3, -0.25) is 4.79 Å². The first kappa shape index (κ1) is 14.2. The number of nitrogens with one attached hydrogen (secondary N) is 1. The average molecular weight is 283 g/mol. The van der Waals surface area contributed by atoms with E-state index in [4.69, 9.17) is 5.11 Å². The predicted octanol–water partition coefficient (Wildman–Crippen LogP) is 2.08. The number of amides is 1. The van der Waals surface area contributed by atoms with E-state index in [9.17, 15) is 4.79 Å². The number of aliphatic hydroxyl groups is 1. The largest absolute Gasteiger partial charge is 0.395 e. The van der Waals surface area contributed by atoms with E-state index in [1.807, 2.05) is 24.3 Å². The smallest absolute Gasteiger partial charge is 0.223 e. The summed E-state index contributed by atoms with van der Waals surface area (Å²) < 4.78 is 0. The molecule has 0 aliphatic heterocycles. The Labute approximate surface area is 125 Å². The minimum absolute atomic E-state index is 0.0894. The van der Waals surface area contributed by atoms with Crippen molar-refractivity contribution in [3.05, 3.63) is 35.4 Å². The zero-order valence-corrected chi connectivity index (χ0v) is 12.1. The molecule has 2 atom stereocenters. The maximum Gasteiger partial charge on any atom is 0.223 e. The molecule has 0 aromatic heterocycles. The summed E-state index contributed by atoms with van der Waals surface area (Å²) in [6.07, 6.45) is 4.01. The maximum atomic E-state index is 12.1. The highest BCUT2D eigenvalue weighted by Crippen LogP contribution is 2.54. The summed E-state index contributed by atoms with van der Waals surface area (Å²) in [5.41, 5.74) is 2.00. The average Bonchev–Trinajstić information content (AvgIpc) is 3.11. The first-order valence-corrected chi connectivity index (χ1v) is 7.72. The van der Waals surface area contributed by atoms with Crippen molar-refractivity contribution in [3.63, 3.8) is 0 Å². The van der Waals surface area contributed by atoms with Crippen LogP contribution in [0.4, 0.5) is 0 Å². The molecule has 2 unspecified atom stereocenters. The molecule has 2 fully saturated rings. The molecule has 0 bridgehead atoms. The van der Waals surface area contributed by atoms with Crippen LogP contribution in [0.5, 0.6) is 0 Å². The van der Waals surface area contributed by atoms with E-state index < -0.39 is 0 Å². The van der Waals surface area contributed by atoms with E-state index in [1.165, 1.54) is 6.42 Å². The fourth-order valence-corrected chi connectivity index (χ4v) is 3.24. The molecule has 1 amide bonds. The molecular weight excluding hydrogens is 262 g/mol. The molecule has 0 saturated heterocycles. The number of hydrogen-bond donors (Lipinski definition) is 2. The van der Waals surface area contributed by atoms with Gasteiger partial charge in [-0.05, 0) is 48.8 Å². The molecular formula is C18H21NO2. The maximum absolute atomic E-state index is 12.1. The van der Waals surface area contributed by atoms with E-state index in [0.717, 1.165) is 35.8 Å². The van der Waals surface area contributed by atoms with E-state index in [2.05, 4.69) is 17.2 Å². The highest BCUT2D eigenvalue weighted by molar-refractivity contribution is 5.79. The highest BCUT2D eigenvalue weighted by Gasteiger charge is 2.47. The van der Waals surface area contributed by atoms with Gasteiger partial charge in [-0.15, -0.1) is 0 Å². The second-order valence-corrected chi connectivity index (χ2v) is 6.12. The van der Waals surface area contributed by atoms with Gasteiger partial charge in [-0.2, -0.15) is 0 Å². The van der Waals surface area contributed by atoms with Crippen LogP contribution in [-0.2, 0) is 11.3 Å². The molecule has 1 aromatic carbocycles. The molecule has 21 heavy (non-hydrogen) atoms. The summed E-state index contributed by atoms with van der Waals surface area (Å²) in [5.74, 6) is 8.05. The van der Waals surface area contributed by atoms with Gasteiger partial charge < -0.3 is 10.4 Å². The van der Waals surface area contributed by atoms with E-state index >= 15 is 0 Å². The normalized spacial score (nSPS) is 25.7. The second kappa shape index (κ2) is 6.32. The van der Waals surface area contributed by atoms with Gasteiger partial charge >= 0.3 is 0 Å². The summed E-state index contributed by atoms with van der Waals surface area (Å²) >= 11 is 0. The van der Waals surface area contributed by atoms with Crippen LogP contribution in [0, 0.1) is 29.6 Å². The van der Waals surface area contributed by atoms with Gasteiger partial charge in [-0.1, -0.05) is 24.0 Å². The monoisotopic (exact) mass is 283 g/mol. The number of fused-ring (bicyclic) bond motifs is 1. The summed E-state index contributed by atoms with van der Waals surface area (Å²) in [7, 11) is 0. The number of carbonyl (C=O) groups is 1. The van der Waals surface area contributed by atoms with Gasteiger partial charge in [-0.25, -0.2) is 0 Å². The molecule has 2 N–H and O–H groups in total. The van der Waals surface area contributed by atoms with Crippen molar-refractivity contribution >= 4 is 5.91 Å². The van der Waals surface area contributed by atoms with Crippen molar-refractivity contribution in [1.29, 1.82) is 0 Å². The van der Waals surface area contributed by atoms with Crippen LogP contribution in [0.3, 0.4) is 0 Å². The van der Waals surface area contributed by atoms with Crippen LogP contribution in [0.25, 0.3) is 0 Å². The Hall–Kier alpha value is -1.79. The number of benzene rings is 1. The van der Waals surface area contributed by atoms with Crippen LogP contribution in [-0.4, -0.2) is 17.6 Å². The number of carbonyl (C=O) groups excluding carboxylic acids is 1. The molecule has 3 heteroatoms. The summed E-state index contributed by atoms with van der Waals surface area (Å²) in [5, 5.41) is 11.8. The zero-order chi connectivity index (χ0) is 14.7. The lowest BCUT2D eigenvalue weighted by atomic mass is 10.0. The molecule has 3 nitrogen and oxygen atoms in total. The fraction of sp³-hybridized carbons (Fsp3) is 0.500. The van der Waals surface area contributed by atoms with Crippen LogP contribution in [0.15, 0.2) is 24.3 Å². The molecule has 3 rings (SSSR count). The second-order valence-electron chi connectivity index (χ2n) is 6.12. The molecule has 2 aliphatic rings. The lowest BCUT2D eigenvalue weighted by Gasteiger charge is -2.12. The Morgan fingerprint density at radius 1 is 1.29 bits per heavy atom. The fourth-order valence-electron chi connectivity index (χ4n) is 3.24. The molecule has 2 aliphatic carbocycles. The van der Waals surface area contributed by atoms with Crippen LogP contribution >= 0.6 is 0 Å². The molecule has 110 valence electrons. The highest BCUT2D eigenvalue weighted by atomic mass is 16.2. The van der Waals surface area contributed by atoms with Crippen molar-refractivity contribution in [3.8, 4) is 11.8 Å². The van der Waals surface area contributed by atoms with Crippen molar-refractivity contribution in [2.24, 2.45) is 17.8 Å². The Bertz CT molecular complexity index is 574. The third-order valence-electron chi connectivity index (χ3n) is 4.48. The van der Waals surface area contributed by atoms with Crippen LogP contribution in [0.1, 0.15) is 36.8 Å². The SMILES string of the molecule is O=C(NCc1cccc(C#CCCO)c1)C1CC2CC2C1. The van der Waals surface area contributed by atoms with Gasteiger partial charge in [0.2, 0.25) is 5.91 Å². The Morgan fingerprint density at radius 2 is 2.10 bits per heavy atom. The predicted molar refractivity (Wildman–Crippen MR) is 81.2 cm³/mol. The number of aliphatic hydroxyl groups excluding tert-OH is 1. The Kier molecular flexibility index (Phi) is 4.26. The minimum atomic E-state index is 0.0894. The van der Waals surface area contributed by atoms with E-state index in [-0.39, 0.29) is 18.4 Å². The van der Waals surface area contributed by atoms with E-state index in [1.54, 1.807) is 0 Å². The molecule has 0 spiro atoms. The molecule has 0 radical (unpaired) electrons. The Balaban J connectivity index is 1.51.